The van der Waals surface area contributed by atoms with E-state index in [1.807, 2.05) is 34.7 Å². The fourth-order valence-corrected chi connectivity index (χ4v) is 3.86. The Labute approximate surface area is 188 Å². The molecule has 0 radical (unpaired) electrons. The van der Waals surface area contributed by atoms with Crippen LogP contribution in [0, 0.1) is 19.7 Å². The predicted octanol–water partition coefficient (Wildman–Crippen LogP) is 3.79. The van der Waals surface area contributed by atoms with Crippen LogP contribution in [0.4, 0.5) is 5.69 Å². The molecular weight excluding hydrogens is 525 g/mol. The van der Waals surface area contributed by atoms with Crippen LogP contribution >= 0.6 is 45.5 Å². The number of hydrogen-bond donors (Lipinski definition) is 5. The van der Waals surface area contributed by atoms with Crippen molar-refractivity contribution in [3.05, 3.63) is 89.1 Å². The lowest BCUT2D eigenvalue weighted by atomic mass is 10.2. The fourth-order valence-electron chi connectivity index (χ4n) is 2.30. The van der Waals surface area contributed by atoms with Crippen LogP contribution in [0.25, 0.3) is 0 Å². The summed E-state index contributed by atoms with van der Waals surface area (Å²) in [7, 11) is 0. The van der Waals surface area contributed by atoms with E-state index in [9.17, 15) is 9.59 Å². The van der Waals surface area contributed by atoms with Gasteiger partial charge in [-0.15, -0.1) is 0 Å². The Balaban J connectivity index is 1.78. The minimum Gasteiger partial charge on any atom is -0.331 e. The maximum Gasteiger partial charge on any atom is 0.287 e. The molecule has 148 valence electrons. The zero-order valence-electron chi connectivity index (χ0n) is 14.8. The predicted molar refractivity (Wildman–Crippen MR) is 124 cm³/mol. The van der Waals surface area contributed by atoms with Crippen LogP contribution in [0.5, 0.6) is 0 Å². The SMILES string of the molecule is N#Cc1ccc(C[SH]=c2[nH]c(C(=O)NNc3ccc(Cl)cc3)c(I)c(=O)[nH]2)cc1. The van der Waals surface area contributed by atoms with Crippen LogP contribution in [-0.2, 0) is 5.75 Å². The van der Waals surface area contributed by atoms with E-state index in [0.29, 0.717) is 26.8 Å². The Kier molecular flexibility index (Phi) is 7.13. The van der Waals surface area contributed by atoms with E-state index in [-0.39, 0.29) is 14.8 Å². The monoisotopic (exact) mass is 539 g/mol. The molecule has 0 unspecified atom stereocenters. The van der Waals surface area contributed by atoms with Gasteiger partial charge in [0.05, 0.1) is 17.3 Å². The summed E-state index contributed by atoms with van der Waals surface area (Å²) in [6.07, 6.45) is 0. The first-order valence-electron chi connectivity index (χ1n) is 8.30. The number of aromatic nitrogens is 2. The lowest BCUT2D eigenvalue weighted by Gasteiger charge is -2.09. The molecule has 0 saturated carbocycles. The van der Waals surface area contributed by atoms with Gasteiger partial charge in [-0.2, -0.15) is 16.6 Å². The molecule has 1 aromatic heterocycles. The first kappa shape index (κ1) is 21.2. The number of carbonyl (C=O) groups excluding carboxylic acids is 1. The number of nitrogens with one attached hydrogen (secondary N) is 4. The Bertz CT molecular complexity index is 1200. The number of benzene rings is 2. The van der Waals surface area contributed by atoms with Gasteiger partial charge in [-0.25, -0.2) is 0 Å². The zero-order chi connectivity index (χ0) is 20.8. The molecule has 7 nitrogen and oxygen atoms in total. The Morgan fingerprint density at radius 1 is 1.14 bits per heavy atom. The van der Waals surface area contributed by atoms with Crippen molar-refractivity contribution in [1.82, 2.24) is 15.4 Å². The van der Waals surface area contributed by atoms with Gasteiger partial charge in [-0.3, -0.25) is 20.4 Å². The third-order valence-electron chi connectivity index (χ3n) is 3.79. The van der Waals surface area contributed by atoms with Crippen molar-refractivity contribution in [1.29, 1.82) is 5.26 Å². The quantitative estimate of drug-likeness (QED) is 0.147. The maximum absolute atomic E-state index is 12.5. The lowest BCUT2D eigenvalue weighted by Crippen LogP contribution is -2.32. The standard InChI is InChI=1S/C19H15ClIN5O2S/c20-13-5-7-14(8-6-13)25-26-18(28)16-15(21)17(27)24-19(23-16)29-10-12-3-1-11(9-22)2-4-12/h1-8,23,25,29H,10H2,(H,24,27)(H,26,28). The molecule has 0 saturated heterocycles. The topological polar surface area (TPSA) is 114 Å². The maximum atomic E-state index is 12.5. The van der Waals surface area contributed by atoms with Gasteiger partial charge in [-0.05, 0) is 64.6 Å². The van der Waals surface area contributed by atoms with Crippen LogP contribution in [0.2, 0.25) is 5.02 Å². The van der Waals surface area contributed by atoms with Crippen molar-refractivity contribution in [3.8, 4) is 6.07 Å². The molecule has 3 rings (SSSR count). The van der Waals surface area contributed by atoms with Crippen LogP contribution < -0.4 is 16.4 Å². The van der Waals surface area contributed by atoms with E-state index in [4.69, 9.17) is 16.9 Å². The number of carbonyl (C=O) groups is 1. The highest BCUT2D eigenvalue weighted by molar-refractivity contribution is 14.1. The van der Waals surface area contributed by atoms with Gasteiger partial charge in [-0.1, -0.05) is 23.7 Å². The molecule has 10 heteroatoms. The van der Waals surface area contributed by atoms with Crippen LogP contribution in [0.1, 0.15) is 21.6 Å². The molecular formula is C19H15ClIN5O2S. The molecule has 0 fully saturated rings. The first-order valence-corrected chi connectivity index (χ1v) is 10.8. The third-order valence-corrected chi connectivity index (χ3v) is 6.13. The van der Waals surface area contributed by atoms with Gasteiger partial charge in [0, 0.05) is 10.8 Å². The van der Waals surface area contributed by atoms with Gasteiger partial charge in [0.2, 0.25) is 0 Å². The minimum absolute atomic E-state index is 0.165. The van der Waals surface area contributed by atoms with Crippen molar-refractivity contribution in [2.75, 3.05) is 5.43 Å². The highest BCUT2D eigenvalue weighted by Crippen LogP contribution is 2.13. The molecule has 1 amide bonds. The summed E-state index contributed by atoms with van der Waals surface area (Å²) in [6, 6.07) is 16.1. The van der Waals surface area contributed by atoms with Crippen molar-refractivity contribution < 1.29 is 4.79 Å². The van der Waals surface area contributed by atoms with Crippen LogP contribution in [0.3, 0.4) is 0 Å². The van der Waals surface area contributed by atoms with E-state index in [2.05, 4.69) is 26.9 Å². The number of nitrogens with zero attached hydrogens (tertiary/aromatic N) is 1. The van der Waals surface area contributed by atoms with Gasteiger partial charge >= 0.3 is 0 Å². The Morgan fingerprint density at radius 3 is 2.48 bits per heavy atom. The van der Waals surface area contributed by atoms with Crippen LogP contribution in [0.15, 0.2) is 53.3 Å². The number of thiol groups is 1. The summed E-state index contributed by atoms with van der Waals surface area (Å²) < 4.78 is 0.770. The molecule has 0 bridgehead atoms. The molecule has 0 atom stereocenters. The van der Waals surface area contributed by atoms with Crippen LogP contribution in [-0.4, -0.2) is 15.9 Å². The molecule has 0 aliphatic rings. The van der Waals surface area contributed by atoms with Gasteiger partial charge in [0.25, 0.3) is 11.5 Å². The molecule has 29 heavy (non-hydrogen) atoms. The minimum atomic E-state index is -0.467. The van der Waals surface area contributed by atoms with Gasteiger partial charge in [0.15, 0.2) is 0 Å². The van der Waals surface area contributed by atoms with Crippen molar-refractivity contribution in [3.63, 3.8) is 0 Å². The zero-order valence-corrected chi connectivity index (χ0v) is 18.6. The number of amides is 1. The summed E-state index contributed by atoms with van der Waals surface area (Å²) >= 11 is 8.45. The number of halogens is 2. The molecule has 0 aliphatic heterocycles. The van der Waals surface area contributed by atoms with Crippen molar-refractivity contribution >= 4 is 57.1 Å². The third kappa shape index (κ3) is 5.72. The summed E-state index contributed by atoms with van der Waals surface area (Å²) in [4.78, 5) is 30.5. The largest absolute Gasteiger partial charge is 0.331 e. The number of aromatic amines is 2. The lowest BCUT2D eigenvalue weighted by molar-refractivity contribution is 0.0956. The summed E-state index contributed by atoms with van der Waals surface area (Å²) in [5, 5.41) is 9.45. The average Bonchev–Trinajstić information content (AvgIpc) is 2.74. The smallest absolute Gasteiger partial charge is 0.287 e. The van der Waals surface area contributed by atoms with E-state index >= 15 is 0 Å². The first-order chi connectivity index (χ1) is 14.0. The second-order valence-corrected chi connectivity index (χ2v) is 8.42. The molecule has 3 aromatic rings. The number of H-pyrrole nitrogens is 2. The normalized spacial score (nSPS) is 11.3. The Morgan fingerprint density at radius 2 is 1.83 bits per heavy atom. The van der Waals surface area contributed by atoms with E-state index < -0.39 is 5.91 Å². The fraction of sp³-hybridized carbons (Fsp3) is 0.0526. The highest BCUT2D eigenvalue weighted by atomic mass is 127. The molecule has 0 aliphatic carbocycles. The number of hydrazine groups is 1. The van der Waals surface area contributed by atoms with E-state index in [1.165, 1.54) is 0 Å². The second-order valence-electron chi connectivity index (χ2n) is 5.83. The number of rotatable bonds is 5. The molecule has 1 heterocycles. The molecule has 0 spiro atoms. The number of hydrogen-bond acceptors (Lipinski definition) is 4. The van der Waals surface area contributed by atoms with E-state index in [1.54, 1.807) is 36.4 Å². The Hall–Kier alpha value is -2.55. The summed E-state index contributed by atoms with van der Waals surface area (Å²) in [6.45, 7) is 0. The van der Waals surface area contributed by atoms with Gasteiger partial charge < -0.3 is 9.97 Å². The van der Waals surface area contributed by atoms with Crippen molar-refractivity contribution in [2.45, 2.75) is 5.75 Å². The number of anilines is 1. The summed E-state index contributed by atoms with van der Waals surface area (Å²) in [5.41, 5.74) is 7.42. The average molecular weight is 540 g/mol. The molecule has 4 N–H and O–H groups in total. The number of nitriles is 1. The van der Waals surface area contributed by atoms with E-state index in [0.717, 1.165) is 16.9 Å². The van der Waals surface area contributed by atoms with Crippen molar-refractivity contribution in [2.24, 2.45) is 0 Å². The highest BCUT2D eigenvalue weighted by Gasteiger charge is 2.13. The second kappa shape index (κ2) is 9.78. The van der Waals surface area contributed by atoms with Gasteiger partial charge in [0.1, 0.15) is 14.0 Å². The molecule has 2 aromatic carbocycles. The summed E-state index contributed by atoms with van der Waals surface area (Å²) in [5.74, 6) is 0.147.